The largest absolute Gasteiger partial charge is 0.330 e. The molecule has 0 radical (unpaired) electrons. The van der Waals surface area contributed by atoms with Gasteiger partial charge in [-0.05, 0) is 18.2 Å². The molecule has 0 heterocycles. The molecule has 0 spiro atoms. The van der Waals surface area contributed by atoms with Crippen LogP contribution < -0.4 is 11.1 Å². The van der Waals surface area contributed by atoms with E-state index in [0.717, 1.165) is 10.6 Å². The van der Waals surface area contributed by atoms with E-state index in [1.807, 2.05) is 12.1 Å². The summed E-state index contributed by atoms with van der Waals surface area (Å²) in [7, 11) is 0. The lowest BCUT2D eigenvalue weighted by atomic mass is 10.1. The quantitative estimate of drug-likeness (QED) is 0.811. The fourth-order valence-electron chi connectivity index (χ4n) is 1.32. The van der Waals surface area contributed by atoms with Crippen LogP contribution in [0.15, 0.2) is 23.1 Å². The van der Waals surface area contributed by atoms with Crippen molar-refractivity contribution in [2.24, 2.45) is 11.7 Å². The lowest BCUT2D eigenvalue weighted by molar-refractivity contribution is -0.119. The molecule has 1 unspecified atom stereocenters. The first-order valence-corrected chi connectivity index (χ1v) is 7.17. The van der Waals surface area contributed by atoms with Gasteiger partial charge >= 0.3 is 0 Å². The van der Waals surface area contributed by atoms with Crippen LogP contribution in [0.25, 0.3) is 0 Å². The van der Waals surface area contributed by atoms with Crippen LogP contribution in [0.3, 0.4) is 0 Å². The Balaban J connectivity index is 0.00000324. The molecule has 1 rings (SSSR count). The van der Waals surface area contributed by atoms with Gasteiger partial charge in [-0.2, -0.15) is 0 Å². The maximum atomic E-state index is 11.8. The number of rotatable bonds is 5. The molecule has 0 aromatic heterocycles. The minimum absolute atomic E-state index is 0. The summed E-state index contributed by atoms with van der Waals surface area (Å²) in [5.41, 5.74) is 6.24. The minimum Gasteiger partial charge on any atom is -0.330 e. The predicted molar refractivity (Wildman–Crippen MR) is 86.5 cm³/mol. The minimum atomic E-state index is -0.208. The van der Waals surface area contributed by atoms with Gasteiger partial charge < -0.3 is 11.1 Å². The van der Waals surface area contributed by atoms with Gasteiger partial charge in [-0.15, -0.1) is 24.2 Å². The van der Waals surface area contributed by atoms with E-state index in [9.17, 15) is 4.79 Å². The highest BCUT2D eigenvalue weighted by molar-refractivity contribution is 8.00. The second-order valence-corrected chi connectivity index (χ2v) is 6.49. The molecule has 0 saturated heterocycles. The zero-order valence-corrected chi connectivity index (χ0v) is 13.7. The number of carbonyl (C=O) groups is 1. The first-order chi connectivity index (χ1) is 8.43. The lowest BCUT2D eigenvalue weighted by Crippen LogP contribution is -2.26. The van der Waals surface area contributed by atoms with E-state index in [4.69, 9.17) is 17.3 Å². The van der Waals surface area contributed by atoms with Crippen LogP contribution in [0.5, 0.6) is 0 Å². The molecule has 0 aliphatic carbocycles. The van der Waals surface area contributed by atoms with Gasteiger partial charge in [0, 0.05) is 27.6 Å². The van der Waals surface area contributed by atoms with E-state index in [0.29, 0.717) is 16.8 Å². The molecular weight excluding hydrogens is 303 g/mol. The van der Waals surface area contributed by atoms with Gasteiger partial charge in [-0.3, -0.25) is 4.79 Å². The number of hydrogen-bond donors (Lipinski definition) is 2. The van der Waals surface area contributed by atoms with Gasteiger partial charge in [0.05, 0.1) is 5.69 Å². The van der Waals surface area contributed by atoms with E-state index in [1.165, 1.54) is 0 Å². The molecule has 1 amide bonds. The van der Waals surface area contributed by atoms with Crippen LogP contribution in [0, 0.1) is 5.92 Å². The smallest absolute Gasteiger partial charge is 0.228 e. The molecular formula is C13H20Cl2N2OS. The average Bonchev–Trinajstić information content (AvgIpc) is 2.31. The predicted octanol–water partition coefficient (Wildman–Crippen LogP) is 3.80. The third-order valence-electron chi connectivity index (χ3n) is 2.36. The highest BCUT2D eigenvalue weighted by Gasteiger charge is 2.14. The van der Waals surface area contributed by atoms with Crippen LogP contribution in [0.2, 0.25) is 5.02 Å². The van der Waals surface area contributed by atoms with Gasteiger partial charge in [-0.25, -0.2) is 0 Å². The third kappa shape index (κ3) is 6.04. The molecule has 1 atom stereocenters. The normalized spacial score (nSPS) is 11.9. The first-order valence-electron chi connectivity index (χ1n) is 5.91. The van der Waals surface area contributed by atoms with Crippen molar-refractivity contribution >= 4 is 47.4 Å². The summed E-state index contributed by atoms with van der Waals surface area (Å²) in [6.07, 6.45) is 0. The molecule has 0 bridgehead atoms. The maximum absolute atomic E-state index is 11.8. The SMILES string of the molecule is CC(C)Sc1ccc(Cl)cc1NC(=O)C(C)CN.Cl. The number of nitrogens with one attached hydrogen (secondary N) is 1. The number of thioether (sulfide) groups is 1. The van der Waals surface area contributed by atoms with E-state index in [1.54, 1.807) is 24.8 Å². The Morgan fingerprint density at radius 1 is 1.42 bits per heavy atom. The number of anilines is 1. The molecule has 19 heavy (non-hydrogen) atoms. The molecule has 0 aliphatic heterocycles. The van der Waals surface area contributed by atoms with Crippen LogP contribution in [-0.2, 0) is 4.79 Å². The molecule has 0 fully saturated rings. The van der Waals surface area contributed by atoms with Crippen molar-refractivity contribution in [1.82, 2.24) is 0 Å². The number of benzene rings is 1. The number of halogens is 2. The van der Waals surface area contributed by atoms with Crippen molar-refractivity contribution < 1.29 is 4.79 Å². The molecule has 0 aliphatic rings. The lowest BCUT2D eigenvalue weighted by Gasteiger charge is -2.15. The van der Waals surface area contributed by atoms with E-state index in [-0.39, 0.29) is 24.2 Å². The van der Waals surface area contributed by atoms with Gasteiger partial charge in [0.2, 0.25) is 5.91 Å². The van der Waals surface area contributed by atoms with Crippen LogP contribution in [0.1, 0.15) is 20.8 Å². The zero-order chi connectivity index (χ0) is 13.7. The van der Waals surface area contributed by atoms with Crippen LogP contribution >= 0.6 is 35.8 Å². The molecule has 1 aromatic carbocycles. The Labute approximate surface area is 130 Å². The molecule has 0 saturated carbocycles. The van der Waals surface area contributed by atoms with E-state index < -0.39 is 0 Å². The summed E-state index contributed by atoms with van der Waals surface area (Å²) in [6, 6.07) is 5.53. The molecule has 108 valence electrons. The summed E-state index contributed by atoms with van der Waals surface area (Å²) in [6.45, 7) is 6.34. The Hall–Kier alpha value is -0.420. The third-order valence-corrected chi connectivity index (χ3v) is 3.68. The summed E-state index contributed by atoms with van der Waals surface area (Å²) >= 11 is 7.66. The highest BCUT2D eigenvalue weighted by atomic mass is 35.5. The van der Waals surface area contributed by atoms with Crippen molar-refractivity contribution in [3.05, 3.63) is 23.2 Å². The highest BCUT2D eigenvalue weighted by Crippen LogP contribution is 2.32. The second-order valence-electron chi connectivity index (χ2n) is 4.43. The van der Waals surface area contributed by atoms with Crippen LogP contribution in [-0.4, -0.2) is 17.7 Å². The Morgan fingerprint density at radius 3 is 2.58 bits per heavy atom. The first kappa shape index (κ1) is 18.6. The summed E-state index contributed by atoms with van der Waals surface area (Å²) in [5.74, 6) is -0.286. The summed E-state index contributed by atoms with van der Waals surface area (Å²) in [5, 5.41) is 3.93. The van der Waals surface area contributed by atoms with Crippen molar-refractivity contribution in [2.45, 2.75) is 30.9 Å². The Bertz CT molecular complexity index is 427. The molecule has 3 N–H and O–H groups in total. The van der Waals surface area contributed by atoms with Crippen LogP contribution in [0.4, 0.5) is 5.69 Å². The summed E-state index contributed by atoms with van der Waals surface area (Å²) in [4.78, 5) is 12.9. The Morgan fingerprint density at radius 2 is 2.05 bits per heavy atom. The van der Waals surface area contributed by atoms with E-state index in [2.05, 4.69) is 19.2 Å². The number of carbonyl (C=O) groups excluding carboxylic acids is 1. The number of hydrogen-bond acceptors (Lipinski definition) is 3. The zero-order valence-electron chi connectivity index (χ0n) is 11.3. The summed E-state index contributed by atoms with van der Waals surface area (Å²) < 4.78 is 0. The second kappa shape index (κ2) is 8.69. The van der Waals surface area contributed by atoms with Crippen molar-refractivity contribution in [2.75, 3.05) is 11.9 Å². The topological polar surface area (TPSA) is 55.1 Å². The van der Waals surface area contributed by atoms with Crippen molar-refractivity contribution in [1.29, 1.82) is 0 Å². The number of nitrogens with two attached hydrogens (primary N) is 1. The molecule has 1 aromatic rings. The molecule has 6 heteroatoms. The van der Waals surface area contributed by atoms with Crippen molar-refractivity contribution in [3.8, 4) is 0 Å². The Kier molecular flexibility index (Phi) is 8.50. The maximum Gasteiger partial charge on any atom is 0.228 e. The standard InChI is InChI=1S/C13H19ClN2OS.ClH/c1-8(2)18-12-5-4-10(14)6-11(12)16-13(17)9(3)7-15;/h4-6,8-9H,7,15H2,1-3H3,(H,16,17);1H. The van der Waals surface area contributed by atoms with Gasteiger partial charge in [-0.1, -0.05) is 32.4 Å². The fourth-order valence-corrected chi connectivity index (χ4v) is 2.38. The fraction of sp³-hybridized carbons (Fsp3) is 0.462. The average molecular weight is 323 g/mol. The number of amides is 1. The van der Waals surface area contributed by atoms with Gasteiger partial charge in [0.15, 0.2) is 0 Å². The van der Waals surface area contributed by atoms with E-state index >= 15 is 0 Å². The van der Waals surface area contributed by atoms with Gasteiger partial charge in [0.25, 0.3) is 0 Å². The van der Waals surface area contributed by atoms with Gasteiger partial charge in [0.1, 0.15) is 0 Å². The van der Waals surface area contributed by atoms with Crippen molar-refractivity contribution in [3.63, 3.8) is 0 Å². The molecule has 3 nitrogen and oxygen atoms in total. The monoisotopic (exact) mass is 322 g/mol.